The number of halogens is 1. The van der Waals surface area contributed by atoms with Crippen LogP contribution in [0.4, 0.5) is 16.0 Å². The third-order valence-electron chi connectivity index (χ3n) is 2.87. The maximum atomic E-state index is 13.1. The summed E-state index contributed by atoms with van der Waals surface area (Å²) in [5, 5.41) is 3.11. The summed E-state index contributed by atoms with van der Waals surface area (Å²) in [6.07, 6.45) is 0. The van der Waals surface area contributed by atoms with Crippen molar-refractivity contribution < 1.29 is 4.39 Å². The van der Waals surface area contributed by atoms with E-state index in [9.17, 15) is 4.39 Å². The summed E-state index contributed by atoms with van der Waals surface area (Å²) in [7, 11) is 1.93. The van der Waals surface area contributed by atoms with Crippen LogP contribution >= 0.6 is 0 Å². The molecule has 2 aromatic carbocycles. The molecule has 0 radical (unpaired) electrons. The van der Waals surface area contributed by atoms with Crippen LogP contribution in [0, 0.1) is 5.82 Å². The number of imidazole rings is 1. The zero-order valence-electron chi connectivity index (χ0n) is 9.89. The van der Waals surface area contributed by atoms with Crippen LogP contribution in [0.15, 0.2) is 48.5 Å². The second-order valence-electron chi connectivity index (χ2n) is 4.12. The van der Waals surface area contributed by atoms with Gasteiger partial charge in [-0.15, -0.1) is 0 Å². The fourth-order valence-electron chi connectivity index (χ4n) is 1.95. The number of nitrogens with zero attached hydrogens (tertiary/aromatic N) is 2. The number of aryl methyl sites for hydroxylation is 1. The Morgan fingerprint density at radius 1 is 1.11 bits per heavy atom. The van der Waals surface area contributed by atoms with Crippen molar-refractivity contribution in [2.75, 3.05) is 5.32 Å². The first-order valence-corrected chi connectivity index (χ1v) is 5.68. The average Bonchev–Trinajstić information content (AvgIpc) is 2.67. The molecule has 0 unspecified atom stereocenters. The number of hydrogen-bond donors (Lipinski definition) is 1. The number of para-hydroxylation sites is 2. The first kappa shape index (κ1) is 10.8. The predicted octanol–water partition coefficient (Wildman–Crippen LogP) is 3.46. The van der Waals surface area contributed by atoms with E-state index in [1.807, 2.05) is 41.9 Å². The molecule has 3 rings (SSSR count). The van der Waals surface area contributed by atoms with E-state index in [0.717, 1.165) is 11.0 Å². The molecule has 0 spiro atoms. The highest BCUT2D eigenvalue weighted by Crippen LogP contribution is 2.21. The largest absolute Gasteiger partial charge is 0.325 e. The monoisotopic (exact) mass is 241 g/mol. The Balaban J connectivity index is 2.02. The molecule has 0 atom stereocenters. The number of benzene rings is 2. The molecule has 0 aliphatic rings. The first-order chi connectivity index (χ1) is 8.74. The minimum atomic E-state index is -0.265. The molecular formula is C14H12FN3. The summed E-state index contributed by atoms with van der Waals surface area (Å²) in [4.78, 5) is 4.47. The quantitative estimate of drug-likeness (QED) is 0.744. The van der Waals surface area contributed by atoms with E-state index >= 15 is 0 Å². The highest BCUT2D eigenvalue weighted by atomic mass is 19.1. The Morgan fingerprint density at radius 3 is 2.72 bits per heavy atom. The van der Waals surface area contributed by atoms with Crippen LogP contribution < -0.4 is 5.32 Å². The molecule has 90 valence electrons. The van der Waals surface area contributed by atoms with Crippen LogP contribution in [0.2, 0.25) is 0 Å². The summed E-state index contributed by atoms with van der Waals surface area (Å²) in [5.74, 6) is 0.431. The van der Waals surface area contributed by atoms with E-state index in [1.165, 1.54) is 12.1 Å². The van der Waals surface area contributed by atoms with Gasteiger partial charge in [-0.25, -0.2) is 9.37 Å². The van der Waals surface area contributed by atoms with Crippen molar-refractivity contribution >= 4 is 22.7 Å². The molecule has 1 N–H and O–H groups in total. The fourth-order valence-corrected chi connectivity index (χ4v) is 1.95. The van der Waals surface area contributed by atoms with Crippen LogP contribution in [-0.2, 0) is 7.05 Å². The van der Waals surface area contributed by atoms with Gasteiger partial charge in [-0.1, -0.05) is 18.2 Å². The normalized spacial score (nSPS) is 10.8. The van der Waals surface area contributed by atoms with E-state index < -0.39 is 0 Å². The van der Waals surface area contributed by atoms with Gasteiger partial charge in [-0.05, 0) is 30.3 Å². The molecule has 0 aliphatic heterocycles. The highest BCUT2D eigenvalue weighted by molar-refractivity contribution is 5.79. The van der Waals surface area contributed by atoms with Crippen LogP contribution in [0.5, 0.6) is 0 Å². The van der Waals surface area contributed by atoms with Gasteiger partial charge < -0.3 is 9.88 Å². The molecule has 0 saturated heterocycles. The van der Waals surface area contributed by atoms with Crippen LogP contribution in [-0.4, -0.2) is 9.55 Å². The number of rotatable bonds is 2. The maximum absolute atomic E-state index is 13.1. The number of fused-ring (bicyclic) bond motifs is 1. The molecular weight excluding hydrogens is 229 g/mol. The van der Waals surface area contributed by atoms with E-state index in [0.29, 0.717) is 11.6 Å². The van der Waals surface area contributed by atoms with Crippen molar-refractivity contribution in [2.24, 2.45) is 7.05 Å². The lowest BCUT2D eigenvalue weighted by Gasteiger charge is -2.05. The molecule has 3 aromatic rings. The summed E-state index contributed by atoms with van der Waals surface area (Å²) in [6.45, 7) is 0. The van der Waals surface area contributed by atoms with E-state index in [2.05, 4.69) is 10.3 Å². The van der Waals surface area contributed by atoms with Crippen molar-refractivity contribution in [2.45, 2.75) is 0 Å². The SMILES string of the molecule is Cn1c(Nc2cccc(F)c2)nc2ccccc21. The molecule has 1 aromatic heterocycles. The summed E-state index contributed by atoms with van der Waals surface area (Å²) < 4.78 is 15.1. The van der Waals surface area contributed by atoms with Gasteiger partial charge in [0.15, 0.2) is 0 Å². The van der Waals surface area contributed by atoms with Gasteiger partial charge in [0, 0.05) is 12.7 Å². The number of aromatic nitrogens is 2. The van der Waals surface area contributed by atoms with E-state index in [-0.39, 0.29) is 5.82 Å². The molecule has 0 fully saturated rings. The summed E-state index contributed by atoms with van der Waals surface area (Å²) in [5.41, 5.74) is 2.64. The second kappa shape index (κ2) is 4.14. The zero-order valence-corrected chi connectivity index (χ0v) is 9.89. The number of hydrogen-bond acceptors (Lipinski definition) is 2. The minimum absolute atomic E-state index is 0.265. The molecule has 18 heavy (non-hydrogen) atoms. The van der Waals surface area contributed by atoms with Crippen molar-refractivity contribution in [1.82, 2.24) is 9.55 Å². The van der Waals surface area contributed by atoms with E-state index in [4.69, 9.17) is 0 Å². The lowest BCUT2D eigenvalue weighted by atomic mass is 10.3. The standard InChI is InChI=1S/C14H12FN3/c1-18-13-8-3-2-7-12(13)17-14(18)16-11-6-4-5-10(15)9-11/h2-9H,1H3,(H,16,17). The Bertz CT molecular complexity index is 703. The molecule has 1 heterocycles. The Kier molecular flexibility index (Phi) is 2.48. The molecule has 0 bridgehead atoms. The molecule has 0 amide bonds. The smallest absolute Gasteiger partial charge is 0.208 e. The third-order valence-corrected chi connectivity index (χ3v) is 2.87. The molecule has 4 heteroatoms. The van der Waals surface area contributed by atoms with Gasteiger partial charge in [0.1, 0.15) is 5.82 Å². The first-order valence-electron chi connectivity index (χ1n) is 5.68. The summed E-state index contributed by atoms with van der Waals surface area (Å²) in [6, 6.07) is 14.2. The lowest BCUT2D eigenvalue weighted by Crippen LogP contribution is -1.99. The van der Waals surface area contributed by atoms with Gasteiger partial charge in [0.2, 0.25) is 5.95 Å². The summed E-state index contributed by atoms with van der Waals surface area (Å²) >= 11 is 0. The minimum Gasteiger partial charge on any atom is -0.325 e. The van der Waals surface area contributed by atoms with Crippen molar-refractivity contribution in [1.29, 1.82) is 0 Å². The van der Waals surface area contributed by atoms with Gasteiger partial charge in [-0.3, -0.25) is 0 Å². The Labute approximate surface area is 104 Å². The van der Waals surface area contributed by atoms with Gasteiger partial charge in [-0.2, -0.15) is 0 Å². The third kappa shape index (κ3) is 1.82. The van der Waals surface area contributed by atoms with Gasteiger partial charge >= 0.3 is 0 Å². The molecule has 0 aliphatic carbocycles. The molecule has 3 nitrogen and oxygen atoms in total. The fraction of sp³-hybridized carbons (Fsp3) is 0.0714. The van der Waals surface area contributed by atoms with Crippen LogP contribution in [0.1, 0.15) is 0 Å². The number of anilines is 2. The topological polar surface area (TPSA) is 29.9 Å². The highest BCUT2D eigenvalue weighted by Gasteiger charge is 2.06. The van der Waals surface area contributed by atoms with Crippen LogP contribution in [0.25, 0.3) is 11.0 Å². The lowest BCUT2D eigenvalue weighted by molar-refractivity contribution is 0.628. The van der Waals surface area contributed by atoms with Crippen molar-refractivity contribution in [3.63, 3.8) is 0 Å². The predicted molar refractivity (Wildman–Crippen MR) is 70.4 cm³/mol. The van der Waals surface area contributed by atoms with Crippen molar-refractivity contribution in [3.05, 3.63) is 54.3 Å². The second-order valence-corrected chi connectivity index (χ2v) is 4.12. The zero-order chi connectivity index (χ0) is 12.5. The van der Waals surface area contributed by atoms with Crippen molar-refractivity contribution in [3.8, 4) is 0 Å². The number of nitrogens with one attached hydrogen (secondary N) is 1. The Hall–Kier alpha value is -2.36. The molecule has 0 saturated carbocycles. The Morgan fingerprint density at radius 2 is 1.94 bits per heavy atom. The van der Waals surface area contributed by atoms with E-state index in [1.54, 1.807) is 6.07 Å². The average molecular weight is 241 g/mol. The van der Waals surface area contributed by atoms with Gasteiger partial charge in [0.05, 0.1) is 11.0 Å². The van der Waals surface area contributed by atoms with Gasteiger partial charge in [0.25, 0.3) is 0 Å². The maximum Gasteiger partial charge on any atom is 0.208 e. The van der Waals surface area contributed by atoms with Crippen LogP contribution in [0.3, 0.4) is 0 Å².